The Morgan fingerprint density at radius 2 is 2.00 bits per heavy atom. The molecular weight excluding hydrogens is 256 g/mol. The molecule has 1 aromatic heterocycles. The van der Waals surface area contributed by atoms with Crippen LogP contribution in [0, 0.1) is 6.92 Å². The van der Waals surface area contributed by atoms with Crippen LogP contribution in [0.5, 0.6) is 11.5 Å². The molecule has 0 aliphatic heterocycles. The Morgan fingerprint density at radius 1 is 1.20 bits per heavy atom. The van der Waals surface area contributed by atoms with E-state index in [-0.39, 0.29) is 5.91 Å². The fourth-order valence-electron chi connectivity index (χ4n) is 1.82. The SMILES string of the molecule is COc1ccc(NC(=O)c2ccncc2C)c(OC)c1. The van der Waals surface area contributed by atoms with Gasteiger partial charge in [-0.05, 0) is 30.7 Å². The predicted octanol–water partition coefficient (Wildman–Crippen LogP) is 2.66. The van der Waals surface area contributed by atoms with Crippen molar-refractivity contribution in [2.45, 2.75) is 6.92 Å². The van der Waals surface area contributed by atoms with Gasteiger partial charge in [-0.2, -0.15) is 0 Å². The van der Waals surface area contributed by atoms with Gasteiger partial charge in [-0.15, -0.1) is 0 Å². The highest BCUT2D eigenvalue weighted by atomic mass is 16.5. The molecule has 1 amide bonds. The van der Waals surface area contributed by atoms with E-state index in [0.717, 1.165) is 5.56 Å². The highest BCUT2D eigenvalue weighted by Crippen LogP contribution is 2.29. The topological polar surface area (TPSA) is 60.5 Å². The lowest BCUT2D eigenvalue weighted by Gasteiger charge is -2.12. The van der Waals surface area contributed by atoms with Crippen LogP contribution in [-0.2, 0) is 0 Å². The minimum atomic E-state index is -0.201. The number of methoxy groups -OCH3 is 2. The van der Waals surface area contributed by atoms with Crippen molar-refractivity contribution >= 4 is 11.6 Å². The van der Waals surface area contributed by atoms with Gasteiger partial charge in [0.25, 0.3) is 5.91 Å². The maximum absolute atomic E-state index is 12.2. The van der Waals surface area contributed by atoms with Gasteiger partial charge < -0.3 is 14.8 Å². The van der Waals surface area contributed by atoms with Crippen LogP contribution >= 0.6 is 0 Å². The highest BCUT2D eigenvalue weighted by molar-refractivity contribution is 6.05. The Morgan fingerprint density at radius 3 is 2.65 bits per heavy atom. The standard InChI is InChI=1S/C15H16N2O3/c1-10-9-16-7-6-12(10)15(18)17-13-5-4-11(19-2)8-14(13)20-3/h4-9H,1-3H3,(H,17,18). The molecule has 0 unspecified atom stereocenters. The summed E-state index contributed by atoms with van der Waals surface area (Å²) in [6, 6.07) is 6.90. The van der Waals surface area contributed by atoms with Crippen molar-refractivity contribution in [3.63, 3.8) is 0 Å². The lowest BCUT2D eigenvalue weighted by molar-refractivity contribution is 0.102. The lowest BCUT2D eigenvalue weighted by Crippen LogP contribution is -2.14. The third kappa shape index (κ3) is 2.88. The van der Waals surface area contributed by atoms with Crippen molar-refractivity contribution in [2.75, 3.05) is 19.5 Å². The predicted molar refractivity (Wildman–Crippen MR) is 76.5 cm³/mol. The van der Waals surface area contributed by atoms with E-state index in [1.54, 1.807) is 50.9 Å². The summed E-state index contributed by atoms with van der Waals surface area (Å²) in [5, 5.41) is 2.82. The number of benzene rings is 1. The van der Waals surface area contributed by atoms with Crippen molar-refractivity contribution in [1.29, 1.82) is 0 Å². The molecule has 1 aromatic carbocycles. The zero-order valence-electron chi connectivity index (χ0n) is 11.6. The van der Waals surface area contributed by atoms with Crippen LogP contribution in [0.3, 0.4) is 0 Å². The number of rotatable bonds is 4. The van der Waals surface area contributed by atoms with Crippen LogP contribution in [0.15, 0.2) is 36.7 Å². The number of hydrogen-bond donors (Lipinski definition) is 1. The second-order valence-electron chi connectivity index (χ2n) is 4.21. The number of aromatic nitrogens is 1. The molecule has 0 saturated carbocycles. The van der Waals surface area contributed by atoms with E-state index in [1.807, 2.05) is 6.92 Å². The second-order valence-corrected chi connectivity index (χ2v) is 4.21. The summed E-state index contributed by atoms with van der Waals surface area (Å²) in [5.74, 6) is 1.01. The van der Waals surface area contributed by atoms with E-state index in [1.165, 1.54) is 0 Å². The molecule has 0 aliphatic rings. The van der Waals surface area contributed by atoms with Crippen LogP contribution < -0.4 is 14.8 Å². The number of aryl methyl sites for hydroxylation is 1. The quantitative estimate of drug-likeness (QED) is 0.929. The Balaban J connectivity index is 2.26. The smallest absolute Gasteiger partial charge is 0.256 e. The van der Waals surface area contributed by atoms with Crippen molar-refractivity contribution < 1.29 is 14.3 Å². The van der Waals surface area contributed by atoms with Crippen LogP contribution in [-0.4, -0.2) is 25.1 Å². The first-order valence-electron chi connectivity index (χ1n) is 6.09. The molecule has 5 heteroatoms. The first-order valence-corrected chi connectivity index (χ1v) is 6.09. The summed E-state index contributed by atoms with van der Waals surface area (Å²) in [5.41, 5.74) is 1.99. The summed E-state index contributed by atoms with van der Waals surface area (Å²) in [4.78, 5) is 16.2. The van der Waals surface area contributed by atoms with Gasteiger partial charge in [0, 0.05) is 24.0 Å². The minimum absolute atomic E-state index is 0.201. The van der Waals surface area contributed by atoms with Gasteiger partial charge in [0.2, 0.25) is 0 Å². The molecule has 0 spiro atoms. The maximum atomic E-state index is 12.2. The van der Waals surface area contributed by atoms with Gasteiger partial charge in [-0.1, -0.05) is 0 Å². The molecule has 0 aliphatic carbocycles. The summed E-state index contributed by atoms with van der Waals surface area (Å²) in [6.45, 7) is 1.84. The molecule has 0 atom stereocenters. The van der Waals surface area contributed by atoms with Gasteiger partial charge in [-0.25, -0.2) is 0 Å². The molecular formula is C15H16N2O3. The zero-order valence-corrected chi connectivity index (χ0v) is 11.6. The van der Waals surface area contributed by atoms with Gasteiger partial charge in [0.05, 0.1) is 19.9 Å². The minimum Gasteiger partial charge on any atom is -0.497 e. The van der Waals surface area contributed by atoms with E-state index >= 15 is 0 Å². The average molecular weight is 272 g/mol. The van der Waals surface area contributed by atoms with E-state index in [9.17, 15) is 4.79 Å². The number of anilines is 1. The number of ether oxygens (including phenoxy) is 2. The molecule has 0 bridgehead atoms. The fraction of sp³-hybridized carbons (Fsp3) is 0.200. The fourth-order valence-corrected chi connectivity index (χ4v) is 1.82. The van der Waals surface area contributed by atoms with Crippen LogP contribution in [0.25, 0.3) is 0 Å². The zero-order chi connectivity index (χ0) is 14.5. The molecule has 20 heavy (non-hydrogen) atoms. The lowest BCUT2D eigenvalue weighted by atomic mass is 10.1. The van der Waals surface area contributed by atoms with Crippen molar-refractivity contribution in [2.24, 2.45) is 0 Å². The van der Waals surface area contributed by atoms with E-state index in [0.29, 0.717) is 22.7 Å². The van der Waals surface area contributed by atoms with Gasteiger partial charge in [0.15, 0.2) is 0 Å². The molecule has 2 aromatic rings. The van der Waals surface area contributed by atoms with Gasteiger partial charge in [0.1, 0.15) is 11.5 Å². The summed E-state index contributed by atoms with van der Waals surface area (Å²) in [6.07, 6.45) is 3.24. The Labute approximate surface area is 117 Å². The summed E-state index contributed by atoms with van der Waals surface area (Å²) < 4.78 is 10.4. The molecule has 104 valence electrons. The number of hydrogen-bond acceptors (Lipinski definition) is 4. The van der Waals surface area contributed by atoms with Crippen LogP contribution in [0.2, 0.25) is 0 Å². The van der Waals surface area contributed by atoms with Crippen LogP contribution in [0.1, 0.15) is 15.9 Å². The Kier molecular flexibility index (Phi) is 4.20. The van der Waals surface area contributed by atoms with Gasteiger partial charge in [-0.3, -0.25) is 9.78 Å². The van der Waals surface area contributed by atoms with Crippen LogP contribution in [0.4, 0.5) is 5.69 Å². The Hall–Kier alpha value is -2.56. The molecule has 0 fully saturated rings. The largest absolute Gasteiger partial charge is 0.497 e. The number of amides is 1. The van der Waals surface area contributed by atoms with E-state index in [2.05, 4.69) is 10.3 Å². The molecule has 0 radical (unpaired) electrons. The average Bonchev–Trinajstić information content (AvgIpc) is 2.48. The number of nitrogens with zero attached hydrogens (tertiary/aromatic N) is 1. The molecule has 1 N–H and O–H groups in total. The number of nitrogens with one attached hydrogen (secondary N) is 1. The normalized spacial score (nSPS) is 9.95. The monoisotopic (exact) mass is 272 g/mol. The summed E-state index contributed by atoms with van der Waals surface area (Å²) >= 11 is 0. The highest BCUT2D eigenvalue weighted by Gasteiger charge is 2.12. The third-order valence-corrected chi connectivity index (χ3v) is 2.92. The first-order chi connectivity index (χ1) is 9.65. The second kappa shape index (κ2) is 6.06. The first kappa shape index (κ1) is 13.9. The molecule has 2 rings (SSSR count). The van der Waals surface area contributed by atoms with Gasteiger partial charge >= 0.3 is 0 Å². The Bertz CT molecular complexity index is 626. The van der Waals surface area contributed by atoms with E-state index in [4.69, 9.17) is 9.47 Å². The maximum Gasteiger partial charge on any atom is 0.256 e. The van der Waals surface area contributed by atoms with Crippen molar-refractivity contribution in [3.05, 3.63) is 47.8 Å². The number of pyridine rings is 1. The summed E-state index contributed by atoms with van der Waals surface area (Å²) in [7, 11) is 3.12. The third-order valence-electron chi connectivity index (χ3n) is 2.92. The van der Waals surface area contributed by atoms with Crippen molar-refractivity contribution in [3.8, 4) is 11.5 Å². The van der Waals surface area contributed by atoms with E-state index < -0.39 is 0 Å². The number of carbonyl (C=O) groups is 1. The molecule has 0 saturated heterocycles. The van der Waals surface area contributed by atoms with Crippen molar-refractivity contribution in [1.82, 2.24) is 4.98 Å². The molecule has 1 heterocycles. The molecule has 5 nitrogen and oxygen atoms in total. The number of carbonyl (C=O) groups excluding carboxylic acids is 1.